The van der Waals surface area contributed by atoms with E-state index >= 15 is 0 Å². The van der Waals surface area contributed by atoms with Crippen LogP contribution >= 0.6 is 0 Å². The Morgan fingerprint density at radius 3 is 2.62 bits per heavy atom. The summed E-state index contributed by atoms with van der Waals surface area (Å²) in [6, 6.07) is 5.78. The molecule has 1 aromatic carbocycles. The monoisotopic (exact) mass is 176 g/mol. The Labute approximate surface area is 77.7 Å². The molecule has 0 aromatic heterocycles. The molecule has 0 unspecified atom stereocenters. The molecule has 0 spiro atoms. The van der Waals surface area contributed by atoms with Crippen molar-refractivity contribution in [3.8, 4) is 0 Å². The number of hydrogen-bond donors (Lipinski definition) is 0. The molecule has 0 aliphatic heterocycles. The Morgan fingerprint density at radius 1 is 1.38 bits per heavy atom. The number of aliphatic imine (C=N–C) groups is 1. The van der Waals surface area contributed by atoms with Crippen molar-refractivity contribution < 1.29 is 4.79 Å². The summed E-state index contributed by atoms with van der Waals surface area (Å²) in [4.78, 5) is 15.7. The molecular formula is C10H12N2O. The average molecular weight is 176 g/mol. The minimum atomic E-state index is 0.682. The third kappa shape index (κ3) is 2.17. The largest absolute Gasteiger partial charge is 0.378 e. The molecule has 13 heavy (non-hydrogen) atoms. The molecule has 0 saturated heterocycles. The van der Waals surface area contributed by atoms with Crippen molar-refractivity contribution >= 4 is 17.5 Å². The van der Waals surface area contributed by atoms with Crippen molar-refractivity contribution in [3.05, 3.63) is 23.8 Å². The van der Waals surface area contributed by atoms with E-state index in [1.807, 2.05) is 44.1 Å². The maximum atomic E-state index is 10.1. The van der Waals surface area contributed by atoms with Crippen LogP contribution in [-0.4, -0.2) is 20.2 Å². The third-order valence-corrected chi connectivity index (χ3v) is 1.88. The molecule has 0 fully saturated rings. The van der Waals surface area contributed by atoms with Gasteiger partial charge in [-0.15, -0.1) is 0 Å². The zero-order valence-electron chi connectivity index (χ0n) is 8.03. The highest BCUT2D eigenvalue weighted by molar-refractivity contribution is 5.61. The van der Waals surface area contributed by atoms with Gasteiger partial charge in [0.2, 0.25) is 6.08 Å². The maximum Gasteiger partial charge on any atom is 0.240 e. The van der Waals surface area contributed by atoms with E-state index in [9.17, 15) is 4.79 Å². The van der Waals surface area contributed by atoms with Crippen molar-refractivity contribution in [2.75, 3.05) is 19.0 Å². The predicted molar refractivity (Wildman–Crippen MR) is 53.3 cm³/mol. The summed E-state index contributed by atoms with van der Waals surface area (Å²) >= 11 is 0. The number of carbonyl (C=O) groups excluding carboxylic acids is 1. The second-order valence-corrected chi connectivity index (χ2v) is 3.07. The molecule has 0 saturated carbocycles. The highest BCUT2D eigenvalue weighted by Gasteiger charge is 1.99. The number of rotatable bonds is 2. The molecule has 3 nitrogen and oxygen atoms in total. The first-order valence-corrected chi connectivity index (χ1v) is 4.01. The lowest BCUT2D eigenvalue weighted by Crippen LogP contribution is -2.08. The summed E-state index contributed by atoms with van der Waals surface area (Å²) in [5.41, 5.74) is 2.69. The fourth-order valence-electron chi connectivity index (χ4n) is 1.05. The van der Waals surface area contributed by atoms with Crippen molar-refractivity contribution in [3.63, 3.8) is 0 Å². The second-order valence-electron chi connectivity index (χ2n) is 3.07. The van der Waals surface area contributed by atoms with Gasteiger partial charge in [-0.2, -0.15) is 4.99 Å². The van der Waals surface area contributed by atoms with Gasteiger partial charge in [-0.3, -0.25) is 0 Å². The molecular weight excluding hydrogens is 164 g/mol. The van der Waals surface area contributed by atoms with Crippen molar-refractivity contribution in [2.24, 2.45) is 4.99 Å². The molecule has 0 bridgehead atoms. The van der Waals surface area contributed by atoms with Gasteiger partial charge < -0.3 is 4.90 Å². The van der Waals surface area contributed by atoms with E-state index in [1.54, 1.807) is 6.08 Å². The average Bonchev–Trinajstić information content (AvgIpc) is 2.08. The van der Waals surface area contributed by atoms with Gasteiger partial charge in [-0.05, 0) is 24.6 Å². The molecule has 68 valence electrons. The molecule has 0 amide bonds. The zero-order valence-corrected chi connectivity index (χ0v) is 8.03. The quantitative estimate of drug-likeness (QED) is 0.510. The fourth-order valence-corrected chi connectivity index (χ4v) is 1.05. The smallest absolute Gasteiger partial charge is 0.240 e. The van der Waals surface area contributed by atoms with Crippen LogP contribution in [0.1, 0.15) is 5.56 Å². The summed E-state index contributed by atoms with van der Waals surface area (Å²) in [5.74, 6) is 0. The minimum Gasteiger partial charge on any atom is -0.378 e. The number of hydrogen-bond acceptors (Lipinski definition) is 3. The van der Waals surface area contributed by atoms with Gasteiger partial charge in [0.25, 0.3) is 0 Å². The van der Waals surface area contributed by atoms with E-state index in [4.69, 9.17) is 0 Å². The molecule has 0 atom stereocenters. The van der Waals surface area contributed by atoms with Crippen LogP contribution in [0.2, 0.25) is 0 Å². The molecule has 1 aromatic rings. The Bertz CT molecular complexity index is 352. The van der Waals surface area contributed by atoms with Gasteiger partial charge in [0.15, 0.2) is 0 Å². The van der Waals surface area contributed by atoms with Crippen LogP contribution in [0.25, 0.3) is 0 Å². The van der Waals surface area contributed by atoms with Crippen molar-refractivity contribution in [1.82, 2.24) is 0 Å². The molecule has 0 aliphatic carbocycles. The molecule has 0 aliphatic rings. The van der Waals surface area contributed by atoms with E-state index < -0.39 is 0 Å². The normalized spacial score (nSPS) is 9.15. The van der Waals surface area contributed by atoms with E-state index in [-0.39, 0.29) is 0 Å². The lowest BCUT2D eigenvalue weighted by Gasteiger charge is -2.13. The Morgan fingerprint density at radius 2 is 2.08 bits per heavy atom. The predicted octanol–water partition coefficient (Wildman–Crippen LogP) is 2.03. The molecule has 0 N–H and O–H groups in total. The Hall–Kier alpha value is -1.60. The Kier molecular flexibility index (Phi) is 2.83. The van der Waals surface area contributed by atoms with E-state index in [2.05, 4.69) is 4.99 Å². The molecule has 3 heteroatoms. The highest BCUT2D eigenvalue weighted by atomic mass is 16.1. The van der Waals surface area contributed by atoms with Gasteiger partial charge in [0, 0.05) is 19.8 Å². The van der Waals surface area contributed by atoms with Crippen molar-refractivity contribution in [2.45, 2.75) is 6.92 Å². The zero-order chi connectivity index (χ0) is 9.84. The fraction of sp³-hybridized carbons (Fsp3) is 0.300. The first-order chi connectivity index (χ1) is 6.15. The van der Waals surface area contributed by atoms with Gasteiger partial charge in [0.1, 0.15) is 0 Å². The third-order valence-electron chi connectivity index (χ3n) is 1.88. The molecule has 1 rings (SSSR count). The van der Waals surface area contributed by atoms with Crippen LogP contribution in [0.15, 0.2) is 23.2 Å². The number of benzene rings is 1. The minimum absolute atomic E-state index is 0.682. The number of aryl methyl sites for hydroxylation is 1. The van der Waals surface area contributed by atoms with E-state index in [0.717, 1.165) is 11.3 Å². The summed E-state index contributed by atoms with van der Waals surface area (Å²) < 4.78 is 0. The van der Waals surface area contributed by atoms with Crippen LogP contribution < -0.4 is 4.90 Å². The molecule has 0 radical (unpaired) electrons. The van der Waals surface area contributed by atoms with Crippen LogP contribution in [0.3, 0.4) is 0 Å². The number of isocyanates is 1. The van der Waals surface area contributed by atoms with Crippen LogP contribution in [0, 0.1) is 6.92 Å². The lowest BCUT2D eigenvalue weighted by atomic mass is 10.2. The van der Waals surface area contributed by atoms with Crippen LogP contribution in [0.4, 0.5) is 11.4 Å². The molecule has 0 heterocycles. The highest BCUT2D eigenvalue weighted by Crippen LogP contribution is 2.23. The lowest BCUT2D eigenvalue weighted by molar-refractivity contribution is 0.565. The number of nitrogens with zero attached hydrogens (tertiary/aromatic N) is 2. The standard InChI is InChI=1S/C10H12N2O/c1-8-4-5-9(12(2)3)6-10(8)11-7-13/h4-6H,1-3H3. The van der Waals surface area contributed by atoms with Gasteiger partial charge in [-0.1, -0.05) is 6.07 Å². The van der Waals surface area contributed by atoms with Crippen molar-refractivity contribution in [1.29, 1.82) is 0 Å². The summed E-state index contributed by atoms with van der Waals surface area (Å²) in [6.45, 7) is 1.91. The number of anilines is 1. The van der Waals surface area contributed by atoms with Gasteiger partial charge in [0.05, 0.1) is 5.69 Å². The summed E-state index contributed by atoms with van der Waals surface area (Å²) in [5, 5.41) is 0. The summed E-state index contributed by atoms with van der Waals surface area (Å²) in [7, 11) is 3.89. The second kappa shape index (κ2) is 3.87. The van der Waals surface area contributed by atoms with E-state index in [0.29, 0.717) is 5.69 Å². The van der Waals surface area contributed by atoms with Crippen LogP contribution in [0.5, 0.6) is 0 Å². The SMILES string of the molecule is Cc1ccc(N(C)C)cc1N=C=O. The summed E-state index contributed by atoms with van der Waals surface area (Å²) in [6.07, 6.45) is 1.55. The first kappa shape index (κ1) is 9.49. The first-order valence-electron chi connectivity index (χ1n) is 4.01. The Balaban J connectivity index is 3.18. The van der Waals surface area contributed by atoms with Gasteiger partial charge in [-0.25, -0.2) is 4.79 Å². The maximum absolute atomic E-state index is 10.1. The van der Waals surface area contributed by atoms with Gasteiger partial charge >= 0.3 is 0 Å². The van der Waals surface area contributed by atoms with E-state index in [1.165, 1.54) is 0 Å². The topological polar surface area (TPSA) is 32.7 Å². The van der Waals surface area contributed by atoms with Crippen LogP contribution in [-0.2, 0) is 4.79 Å².